The number of carbonyl (C=O) groups excluding carboxylic acids is 2. The van der Waals surface area contributed by atoms with Crippen LogP contribution < -0.4 is 10.6 Å². The first-order valence-electron chi connectivity index (χ1n) is 12.8. The number of carboxylic acids is 1. The summed E-state index contributed by atoms with van der Waals surface area (Å²) in [6.45, 7) is 2.43. The third kappa shape index (κ3) is 5.81. The van der Waals surface area contributed by atoms with E-state index in [-0.39, 0.29) is 36.5 Å². The molecule has 218 valence electrons. The van der Waals surface area contributed by atoms with Gasteiger partial charge < -0.3 is 20.1 Å². The van der Waals surface area contributed by atoms with Crippen LogP contribution in [0.25, 0.3) is 10.8 Å². The van der Waals surface area contributed by atoms with E-state index in [9.17, 15) is 27.9 Å². The zero-order chi connectivity index (χ0) is 29.5. The van der Waals surface area contributed by atoms with Crippen LogP contribution in [0, 0.1) is 5.41 Å². The van der Waals surface area contributed by atoms with E-state index in [0.29, 0.717) is 29.3 Å². The first-order valence-corrected chi connectivity index (χ1v) is 15.0. The lowest BCUT2D eigenvalue weighted by molar-refractivity contribution is -0.138. The largest absolute Gasteiger partial charge is 0.481 e. The van der Waals surface area contributed by atoms with Gasteiger partial charge in [0.2, 0.25) is 0 Å². The third-order valence-corrected chi connectivity index (χ3v) is 9.92. The molecule has 2 aliphatic rings. The quantitative estimate of drug-likeness (QED) is 0.237. The van der Waals surface area contributed by atoms with E-state index in [2.05, 4.69) is 20.4 Å². The van der Waals surface area contributed by atoms with Gasteiger partial charge in [0.05, 0.1) is 25.3 Å². The molecule has 16 heteroatoms. The van der Waals surface area contributed by atoms with Crippen molar-refractivity contribution in [2.75, 3.05) is 26.7 Å². The highest BCUT2D eigenvalue weighted by Crippen LogP contribution is 2.27. The Morgan fingerprint density at radius 3 is 2.73 bits per heavy atom. The molecule has 0 saturated carbocycles. The number of carbonyl (C=O) groups is 3. The maximum atomic E-state index is 13.6. The Bertz CT molecular complexity index is 1650. The SMILES string of the molecule is COC(=O)NC(=N)c1ccc2cn(S(=O)(=O)N3CCN(C(=O)c4nc5c(s4)CNC(C)C5)C(CC(=O)O)C3)cc2c1. The molecule has 2 amide bonds. The van der Waals surface area contributed by atoms with Gasteiger partial charge in [-0.2, -0.15) is 12.7 Å². The number of methoxy groups -OCH3 is 1. The number of amides is 2. The average molecular weight is 604 g/mol. The van der Waals surface area contributed by atoms with Gasteiger partial charge >= 0.3 is 22.3 Å². The standard InChI is InChI=1S/C25H29N7O7S2/c1-14-7-19-20(10-27-14)40-23(28-19)24(35)32-6-5-30(13-18(32)9-21(33)34)41(37,38)31-11-16-4-3-15(8-17(16)12-31)22(26)29-25(36)39-2/h3-4,8,11-12,14,18,27H,5-7,9-10,13H2,1-2H3,(H,33,34)(H2,26,29,36). The number of nitrogens with zero attached hydrogens (tertiary/aromatic N) is 4. The van der Waals surface area contributed by atoms with Crippen molar-refractivity contribution < 1.29 is 32.6 Å². The smallest absolute Gasteiger partial charge is 0.412 e. The summed E-state index contributed by atoms with van der Waals surface area (Å²) in [7, 11) is -2.94. The first kappa shape index (κ1) is 28.7. The predicted octanol–water partition coefficient (Wildman–Crippen LogP) is 1.21. The first-order chi connectivity index (χ1) is 19.5. The van der Waals surface area contributed by atoms with Gasteiger partial charge in [-0.3, -0.25) is 20.3 Å². The topological polar surface area (TPSA) is 187 Å². The summed E-state index contributed by atoms with van der Waals surface area (Å²) in [5, 5.41) is 24.6. The molecule has 1 fully saturated rings. The second-order valence-electron chi connectivity index (χ2n) is 9.91. The zero-order valence-electron chi connectivity index (χ0n) is 22.3. The van der Waals surface area contributed by atoms with E-state index >= 15 is 0 Å². The molecule has 1 aromatic carbocycles. The number of amidine groups is 1. The molecule has 4 heterocycles. The number of carboxylic acid groups (broad SMARTS) is 1. The highest BCUT2D eigenvalue weighted by molar-refractivity contribution is 7.87. The van der Waals surface area contributed by atoms with Gasteiger partial charge in [-0.15, -0.1) is 11.3 Å². The van der Waals surface area contributed by atoms with Crippen LogP contribution in [0.5, 0.6) is 0 Å². The lowest BCUT2D eigenvalue weighted by Gasteiger charge is -2.39. The van der Waals surface area contributed by atoms with Gasteiger partial charge in [0, 0.05) is 72.2 Å². The Hall–Kier alpha value is -3.86. The molecule has 41 heavy (non-hydrogen) atoms. The van der Waals surface area contributed by atoms with Crippen LogP contribution in [-0.2, 0) is 32.7 Å². The van der Waals surface area contributed by atoms with Crippen LogP contribution >= 0.6 is 11.3 Å². The third-order valence-electron chi connectivity index (χ3n) is 7.10. The van der Waals surface area contributed by atoms with E-state index in [1.807, 2.05) is 6.92 Å². The van der Waals surface area contributed by atoms with Crippen molar-refractivity contribution in [1.82, 2.24) is 28.8 Å². The molecule has 0 bridgehead atoms. The Labute approximate surface area is 239 Å². The summed E-state index contributed by atoms with van der Waals surface area (Å²) in [5.41, 5.74) is 1.21. The van der Waals surface area contributed by atoms with Gasteiger partial charge in [-0.25, -0.2) is 13.8 Å². The number of benzene rings is 1. The molecule has 5 rings (SSSR count). The number of thiazole rings is 1. The lowest BCUT2D eigenvalue weighted by Crippen LogP contribution is -2.57. The number of ether oxygens (including phenoxy) is 1. The number of aromatic nitrogens is 2. The fourth-order valence-corrected chi connectivity index (χ4v) is 7.40. The van der Waals surface area contributed by atoms with Gasteiger partial charge in [-0.05, 0) is 13.0 Å². The second kappa shape index (κ2) is 11.2. The number of nitrogens with one attached hydrogen (secondary N) is 3. The monoisotopic (exact) mass is 603 g/mol. The maximum Gasteiger partial charge on any atom is 0.412 e. The molecular formula is C25H29N7O7S2. The normalized spacial score (nSPS) is 19.5. The number of hydrogen-bond acceptors (Lipinski definition) is 10. The van der Waals surface area contributed by atoms with Crippen LogP contribution in [-0.4, -0.2) is 94.3 Å². The van der Waals surface area contributed by atoms with Crippen molar-refractivity contribution in [2.45, 2.75) is 38.4 Å². The van der Waals surface area contributed by atoms with Crippen molar-refractivity contribution >= 4 is 56.1 Å². The minimum absolute atomic E-state index is 0.0101. The van der Waals surface area contributed by atoms with Crippen molar-refractivity contribution in [3.05, 3.63) is 51.7 Å². The zero-order valence-corrected chi connectivity index (χ0v) is 23.9. The molecule has 1 saturated heterocycles. The number of hydrogen-bond donors (Lipinski definition) is 4. The fourth-order valence-electron chi connectivity index (χ4n) is 4.97. The minimum atomic E-state index is -4.12. The Morgan fingerprint density at radius 1 is 1.24 bits per heavy atom. The van der Waals surface area contributed by atoms with Crippen LogP contribution in [0.15, 0.2) is 30.6 Å². The number of piperazine rings is 1. The number of alkyl carbamates (subject to hydrolysis) is 1. The van der Waals surface area contributed by atoms with Gasteiger partial charge in [0.1, 0.15) is 5.84 Å². The lowest BCUT2D eigenvalue weighted by atomic mass is 10.1. The Balaban J connectivity index is 1.36. The molecule has 4 N–H and O–H groups in total. The molecule has 0 aliphatic carbocycles. The molecular weight excluding hydrogens is 574 g/mol. The van der Waals surface area contributed by atoms with Crippen LogP contribution in [0.2, 0.25) is 0 Å². The van der Waals surface area contributed by atoms with Crippen LogP contribution in [0.3, 0.4) is 0 Å². The molecule has 2 atom stereocenters. The summed E-state index contributed by atoms with van der Waals surface area (Å²) in [4.78, 5) is 43.5. The number of aliphatic carboxylic acids is 1. The summed E-state index contributed by atoms with van der Waals surface area (Å²) in [5.74, 6) is -1.76. The Kier molecular flexibility index (Phi) is 7.83. The average Bonchev–Trinajstić information content (AvgIpc) is 3.56. The van der Waals surface area contributed by atoms with Gasteiger partial charge in [-0.1, -0.05) is 12.1 Å². The molecule has 3 aromatic rings. The molecule has 2 aliphatic heterocycles. The number of fused-ring (bicyclic) bond motifs is 2. The summed E-state index contributed by atoms with van der Waals surface area (Å²) in [6.07, 6.45) is 2.28. The van der Waals surface area contributed by atoms with Crippen molar-refractivity contribution in [3.8, 4) is 0 Å². The summed E-state index contributed by atoms with van der Waals surface area (Å²) < 4.78 is 33.9. The second-order valence-corrected chi connectivity index (χ2v) is 12.8. The van der Waals surface area contributed by atoms with E-state index < -0.39 is 40.6 Å². The maximum absolute atomic E-state index is 13.6. The molecule has 2 aromatic heterocycles. The van der Waals surface area contributed by atoms with E-state index in [1.165, 1.54) is 40.0 Å². The van der Waals surface area contributed by atoms with E-state index in [4.69, 9.17) is 5.41 Å². The predicted molar refractivity (Wildman–Crippen MR) is 149 cm³/mol. The molecule has 2 unspecified atom stereocenters. The van der Waals surface area contributed by atoms with E-state index in [0.717, 1.165) is 14.5 Å². The highest BCUT2D eigenvalue weighted by Gasteiger charge is 2.39. The highest BCUT2D eigenvalue weighted by atomic mass is 32.2. The molecule has 0 radical (unpaired) electrons. The van der Waals surface area contributed by atoms with Crippen molar-refractivity contribution in [3.63, 3.8) is 0 Å². The fraction of sp³-hybridized carbons (Fsp3) is 0.400. The van der Waals surface area contributed by atoms with Crippen LogP contribution in [0.4, 0.5) is 4.79 Å². The van der Waals surface area contributed by atoms with E-state index in [1.54, 1.807) is 18.2 Å². The van der Waals surface area contributed by atoms with Crippen molar-refractivity contribution in [1.29, 1.82) is 5.41 Å². The summed E-state index contributed by atoms with van der Waals surface area (Å²) >= 11 is 1.28. The molecule has 0 spiro atoms. The Morgan fingerprint density at radius 2 is 2.00 bits per heavy atom. The van der Waals surface area contributed by atoms with Crippen molar-refractivity contribution in [2.24, 2.45) is 0 Å². The minimum Gasteiger partial charge on any atom is -0.481 e. The molecule has 14 nitrogen and oxygen atoms in total. The van der Waals surface area contributed by atoms with Gasteiger partial charge in [0.25, 0.3) is 5.91 Å². The van der Waals surface area contributed by atoms with Gasteiger partial charge in [0.15, 0.2) is 5.01 Å². The number of rotatable bonds is 6. The summed E-state index contributed by atoms with van der Waals surface area (Å²) in [6, 6.07) is 4.10. The van der Waals surface area contributed by atoms with Crippen LogP contribution in [0.1, 0.15) is 39.3 Å².